The summed E-state index contributed by atoms with van der Waals surface area (Å²) in [5, 5.41) is 0. The van der Waals surface area contributed by atoms with Crippen LogP contribution in [0.25, 0.3) is 0 Å². The lowest BCUT2D eigenvalue weighted by Crippen LogP contribution is -2.36. The maximum Gasteiger partial charge on any atom is 0.0730 e. The third kappa shape index (κ3) is 3.00. The molecule has 0 amide bonds. The molecule has 0 bridgehead atoms. The number of rotatable bonds is 3. The van der Waals surface area contributed by atoms with Crippen LogP contribution in [0.4, 0.5) is 0 Å². The molecule has 2 rings (SSSR count). The Kier molecular flexibility index (Phi) is 3.72. The van der Waals surface area contributed by atoms with Crippen molar-refractivity contribution in [2.45, 2.75) is 31.4 Å². The summed E-state index contributed by atoms with van der Waals surface area (Å²) in [6.45, 7) is 0.853. The topological polar surface area (TPSA) is 48.1 Å². The highest BCUT2D eigenvalue weighted by atomic mass is 79.9. The van der Waals surface area contributed by atoms with Crippen LogP contribution in [0.1, 0.15) is 18.5 Å². The number of hydrogen-bond acceptors (Lipinski definition) is 3. The molecule has 1 aromatic heterocycles. The van der Waals surface area contributed by atoms with Crippen molar-refractivity contribution in [1.29, 1.82) is 0 Å². The Hall–Kier alpha value is -0.450. The average Bonchev–Trinajstić information content (AvgIpc) is 2.74. The molecule has 82 valence electrons. The van der Waals surface area contributed by atoms with Gasteiger partial charge in [0.1, 0.15) is 0 Å². The molecule has 0 spiro atoms. The summed E-state index contributed by atoms with van der Waals surface area (Å²) in [5.74, 6) is 0. The van der Waals surface area contributed by atoms with Crippen molar-refractivity contribution in [1.82, 2.24) is 4.98 Å². The Bertz CT molecular complexity index is 309. The monoisotopic (exact) mass is 270 g/mol. The number of aromatic nitrogens is 1. The molecule has 2 N–H and O–H groups in total. The molecule has 0 saturated carbocycles. The van der Waals surface area contributed by atoms with E-state index in [0.717, 1.165) is 36.0 Å². The number of ether oxygens (including phenoxy) is 1. The zero-order valence-electron chi connectivity index (χ0n) is 8.53. The van der Waals surface area contributed by atoms with Crippen LogP contribution in [-0.2, 0) is 11.2 Å². The molecule has 3 nitrogen and oxygen atoms in total. The highest BCUT2D eigenvalue weighted by Gasteiger charge is 2.23. The van der Waals surface area contributed by atoms with E-state index in [1.165, 1.54) is 0 Å². The molecule has 2 unspecified atom stereocenters. The zero-order valence-corrected chi connectivity index (χ0v) is 10.1. The van der Waals surface area contributed by atoms with Gasteiger partial charge < -0.3 is 10.5 Å². The van der Waals surface area contributed by atoms with Gasteiger partial charge in [-0.1, -0.05) is 0 Å². The number of nitrogens with two attached hydrogens (primary N) is 1. The van der Waals surface area contributed by atoms with Crippen LogP contribution in [0.3, 0.4) is 0 Å². The first-order valence-corrected chi connectivity index (χ1v) is 6.02. The third-order valence-corrected chi connectivity index (χ3v) is 3.15. The van der Waals surface area contributed by atoms with Crippen molar-refractivity contribution < 1.29 is 4.74 Å². The predicted octanol–water partition coefficient (Wildman–Crippen LogP) is 1.89. The highest BCUT2D eigenvalue weighted by Crippen LogP contribution is 2.17. The van der Waals surface area contributed by atoms with E-state index in [2.05, 4.69) is 20.9 Å². The van der Waals surface area contributed by atoms with E-state index in [1.807, 2.05) is 12.1 Å². The van der Waals surface area contributed by atoms with Gasteiger partial charge in [-0.15, -0.1) is 0 Å². The van der Waals surface area contributed by atoms with Gasteiger partial charge in [-0.05, 0) is 40.9 Å². The molecule has 1 aromatic rings. The third-order valence-electron chi connectivity index (χ3n) is 2.68. The van der Waals surface area contributed by atoms with E-state index >= 15 is 0 Å². The minimum atomic E-state index is 0.0705. The van der Waals surface area contributed by atoms with Crippen LogP contribution in [0, 0.1) is 0 Å². The Balaban J connectivity index is 1.92. The second kappa shape index (κ2) is 5.05. The first kappa shape index (κ1) is 11.0. The normalized spacial score (nSPS) is 22.9. The summed E-state index contributed by atoms with van der Waals surface area (Å²) in [5.41, 5.74) is 7.10. The van der Waals surface area contributed by atoms with Gasteiger partial charge in [-0.2, -0.15) is 0 Å². The van der Waals surface area contributed by atoms with Crippen molar-refractivity contribution in [3.05, 3.63) is 28.5 Å². The minimum Gasteiger partial charge on any atom is -0.377 e. The molecular formula is C11H15BrN2O. The number of hydrogen-bond donors (Lipinski definition) is 1. The van der Waals surface area contributed by atoms with Gasteiger partial charge >= 0.3 is 0 Å². The van der Waals surface area contributed by atoms with Crippen LogP contribution in [0.2, 0.25) is 0 Å². The van der Waals surface area contributed by atoms with Gasteiger partial charge in [-0.25, -0.2) is 0 Å². The van der Waals surface area contributed by atoms with Crippen molar-refractivity contribution in [3.63, 3.8) is 0 Å². The zero-order chi connectivity index (χ0) is 10.7. The molecule has 1 aliphatic rings. The molecule has 0 aliphatic carbocycles. The predicted molar refractivity (Wildman–Crippen MR) is 62.6 cm³/mol. The Morgan fingerprint density at radius 1 is 1.60 bits per heavy atom. The lowest BCUT2D eigenvalue weighted by Gasteiger charge is -2.17. The fourth-order valence-corrected chi connectivity index (χ4v) is 2.07. The summed E-state index contributed by atoms with van der Waals surface area (Å²) in [6.07, 6.45) is 5.02. The molecule has 1 aliphatic heterocycles. The Labute approximate surface area is 98.2 Å². The van der Waals surface area contributed by atoms with Crippen molar-refractivity contribution in [3.8, 4) is 0 Å². The first-order chi connectivity index (χ1) is 7.25. The molecular weight excluding hydrogens is 256 g/mol. The van der Waals surface area contributed by atoms with Crippen molar-refractivity contribution >= 4 is 15.9 Å². The average molecular weight is 271 g/mol. The summed E-state index contributed by atoms with van der Waals surface area (Å²) >= 11 is 3.36. The van der Waals surface area contributed by atoms with Crippen LogP contribution in [0.15, 0.2) is 22.8 Å². The van der Waals surface area contributed by atoms with E-state index in [4.69, 9.17) is 10.5 Å². The largest absolute Gasteiger partial charge is 0.377 e. The lowest BCUT2D eigenvalue weighted by atomic mass is 10.0. The van der Waals surface area contributed by atoms with E-state index < -0.39 is 0 Å². The van der Waals surface area contributed by atoms with Gasteiger partial charge in [0.05, 0.1) is 6.10 Å². The maximum atomic E-state index is 6.07. The molecule has 0 radical (unpaired) electrons. The first-order valence-electron chi connectivity index (χ1n) is 5.23. The molecule has 1 saturated heterocycles. The Morgan fingerprint density at radius 3 is 3.07 bits per heavy atom. The van der Waals surface area contributed by atoms with E-state index in [9.17, 15) is 0 Å². The molecule has 2 heterocycles. The van der Waals surface area contributed by atoms with Crippen molar-refractivity contribution in [2.24, 2.45) is 5.73 Å². The molecule has 1 fully saturated rings. The van der Waals surface area contributed by atoms with Crippen LogP contribution >= 0.6 is 15.9 Å². The quantitative estimate of drug-likeness (QED) is 0.913. The molecule has 2 atom stereocenters. The van der Waals surface area contributed by atoms with Crippen LogP contribution in [0.5, 0.6) is 0 Å². The number of halogens is 1. The Morgan fingerprint density at radius 2 is 2.47 bits per heavy atom. The summed E-state index contributed by atoms with van der Waals surface area (Å²) in [6, 6.07) is 4.06. The SMILES string of the molecule is NC(Cc1ccc(Br)cn1)C1CCCO1. The second-order valence-electron chi connectivity index (χ2n) is 3.89. The van der Waals surface area contributed by atoms with E-state index in [1.54, 1.807) is 6.20 Å². The lowest BCUT2D eigenvalue weighted by molar-refractivity contribution is 0.0897. The molecule has 4 heteroatoms. The number of pyridine rings is 1. The molecule has 0 aromatic carbocycles. The summed E-state index contributed by atoms with van der Waals surface area (Å²) in [4.78, 5) is 4.31. The fraction of sp³-hybridized carbons (Fsp3) is 0.545. The van der Waals surface area contributed by atoms with Gasteiger partial charge in [0.2, 0.25) is 0 Å². The highest BCUT2D eigenvalue weighted by molar-refractivity contribution is 9.10. The smallest absolute Gasteiger partial charge is 0.0730 e. The van der Waals surface area contributed by atoms with E-state index in [-0.39, 0.29) is 12.1 Å². The van der Waals surface area contributed by atoms with Gasteiger partial charge in [0.25, 0.3) is 0 Å². The minimum absolute atomic E-state index is 0.0705. The van der Waals surface area contributed by atoms with Gasteiger partial charge in [0.15, 0.2) is 0 Å². The summed E-state index contributed by atoms with van der Waals surface area (Å²) < 4.78 is 6.55. The summed E-state index contributed by atoms with van der Waals surface area (Å²) in [7, 11) is 0. The van der Waals surface area contributed by atoms with Gasteiger partial charge in [-0.3, -0.25) is 4.98 Å². The fourth-order valence-electron chi connectivity index (χ4n) is 1.84. The molecule has 15 heavy (non-hydrogen) atoms. The maximum absolute atomic E-state index is 6.07. The van der Waals surface area contributed by atoms with Crippen molar-refractivity contribution in [2.75, 3.05) is 6.61 Å². The van der Waals surface area contributed by atoms with Crippen LogP contribution < -0.4 is 5.73 Å². The van der Waals surface area contributed by atoms with Gasteiger partial charge in [0, 0.05) is 35.4 Å². The van der Waals surface area contributed by atoms with Crippen LogP contribution in [-0.4, -0.2) is 23.7 Å². The standard InChI is InChI=1S/C11H15BrN2O/c12-8-3-4-9(14-7-8)6-10(13)11-2-1-5-15-11/h3-4,7,10-11H,1-2,5-6,13H2. The second-order valence-corrected chi connectivity index (χ2v) is 4.80. The van der Waals surface area contributed by atoms with E-state index in [0.29, 0.717) is 0 Å². The number of nitrogens with zero attached hydrogens (tertiary/aromatic N) is 1.